The van der Waals surface area contributed by atoms with Gasteiger partial charge in [0.15, 0.2) is 0 Å². The van der Waals surface area contributed by atoms with Crippen molar-refractivity contribution in [1.82, 2.24) is 9.55 Å². The molecule has 1 rings (SSSR count). The molecule has 1 unspecified atom stereocenters. The number of nitro groups is 1. The Bertz CT molecular complexity index is 312. The highest BCUT2D eigenvalue weighted by atomic mass is 16.6. The molecule has 0 spiro atoms. The van der Waals surface area contributed by atoms with Crippen molar-refractivity contribution in [1.29, 1.82) is 0 Å². The van der Waals surface area contributed by atoms with Gasteiger partial charge in [-0.2, -0.15) is 0 Å². The number of hydrogen-bond acceptors (Lipinski definition) is 5. The molecular weight excluding hydrogens is 188 g/mol. The van der Waals surface area contributed by atoms with E-state index in [4.69, 9.17) is 10.8 Å². The smallest absolute Gasteiger partial charge is 0.392 e. The second-order valence-electron chi connectivity index (χ2n) is 2.86. The average molecular weight is 200 g/mol. The van der Waals surface area contributed by atoms with Crippen LogP contribution in [-0.4, -0.2) is 32.2 Å². The van der Waals surface area contributed by atoms with E-state index in [9.17, 15) is 10.1 Å². The average Bonchev–Trinajstić information content (AvgIpc) is 2.62. The molecule has 0 aliphatic rings. The third-order valence-electron chi connectivity index (χ3n) is 1.83. The van der Waals surface area contributed by atoms with Gasteiger partial charge in [-0.25, -0.2) is 4.57 Å². The highest BCUT2D eigenvalue weighted by Crippen LogP contribution is 2.08. The molecule has 0 bridgehead atoms. The normalized spacial score (nSPS) is 12.7. The van der Waals surface area contributed by atoms with Crippen molar-refractivity contribution in [3.05, 3.63) is 22.5 Å². The molecule has 78 valence electrons. The number of rotatable bonds is 5. The number of imidazole rings is 1. The first-order chi connectivity index (χ1) is 6.65. The Morgan fingerprint density at radius 3 is 3.07 bits per heavy atom. The molecule has 0 aromatic carbocycles. The van der Waals surface area contributed by atoms with E-state index in [0.29, 0.717) is 13.0 Å². The second-order valence-corrected chi connectivity index (χ2v) is 2.86. The van der Waals surface area contributed by atoms with Crippen LogP contribution in [0.3, 0.4) is 0 Å². The number of aryl methyl sites for hydroxylation is 1. The van der Waals surface area contributed by atoms with Crippen LogP contribution < -0.4 is 5.73 Å². The molecule has 0 aliphatic heterocycles. The summed E-state index contributed by atoms with van der Waals surface area (Å²) in [5.74, 6) is -0.214. The van der Waals surface area contributed by atoms with E-state index in [1.807, 2.05) is 0 Å². The topological polar surface area (TPSA) is 107 Å². The largest absolute Gasteiger partial charge is 0.434 e. The molecule has 7 nitrogen and oxygen atoms in total. The van der Waals surface area contributed by atoms with Crippen LogP contribution in [-0.2, 0) is 6.54 Å². The van der Waals surface area contributed by atoms with Crippen LogP contribution in [0.4, 0.5) is 5.95 Å². The van der Waals surface area contributed by atoms with Gasteiger partial charge in [0.25, 0.3) is 0 Å². The fourth-order valence-corrected chi connectivity index (χ4v) is 1.05. The summed E-state index contributed by atoms with van der Waals surface area (Å²) in [6, 6.07) is 0. The summed E-state index contributed by atoms with van der Waals surface area (Å²) in [4.78, 5) is 13.4. The zero-order chi connectivity index (χ0) is 10.6. The monoisotopic (exact) mass is 200 g/mol. The first-order valence-electron chi connectivity index (χ1n) is 4.18. The maximum Gasteiger partial charge on any atom is 0.434 e. The third-order valence-corrected chi connectivity index (χ3v) is 1.83. The van der Waals surface area contributed by atoms with Gasteiger partial charge < -0.3 is 21.0 Å². The molecule has 0 radical (unpaired) electrons. The van der Waals surface area contributed by atoms with Crippen molar-refractivity contribution in [3.8, 4) is 0 Å². The number of hydrogen-bond donors (Lipinski definition) is 2. The maximum absolute atomic E-state index is 10.4. The predicted molar refractivity (Wildman–Crippen MR) is 48.6 cm³/mol. The lowest BCUT2D eigenvalue weighted by atomic mass is 10.2. The highest BCUT2D eigenvalue weighted by Gasteiger charge is 2.14. The van der Waals surface area contributed by atoms with Crippen molar-refractivity contribution in [2.45, 2.75) is 19.1 Å². The quantitative estimate of drug-likeness (QED) is 0.492. The van der Waals surface area contributed by atoms with Crippen LogP contribution in [0.25, 0.3) is 0 Å². The molecule has 1 heterocycles. The summed E-state index contributed by atoms with van der Waals surface area (Å²) in [6.07, 6.45) is 2.61. The summed E-state index contributed by atoms with van der Waals surface area (Å²) in [7, 11) is 0. The lowest BCUT2D eigenvalue weighted by Gasteiger charge is -2.06. The Labute approximate surface area is 80.3 Å². The number of aliphatic hydroxyl groups is 1. The summed E-state index contributed by atoms with van der Waals surface area (Å²) in [5, 5.41) is 19.6. The maximum atomic E-state index is 10.4. The van der Waals surface area contributed by atoms with Gasteiger partial charge in [0.1, 0.15) is 12.4 Å². The van der Waals surface area contributed by atoms with Gasteiger partial charge in [0, 0.05) is 13.0 Å². The number of nitrogens with zero attached hydrogens (tertiary/aromatic N) is 3. The number of aromatic nitrogens is 2. The van der Waals surface area contributed by atoms with Crippen LogP contribution in [0.15, 0.2) is 12.4 Å². The summed E-state index contributed by atoms with van der Waals surface area (Å²) in [6.45, 7) is 0.497. The van der Waals surface area contributed by atoms with E-state index in [1.54, 1.807) is 0 Å². The summed E-state index contributed by atoms with van der Waals surface area (Å²) >= 11 is 0. The molecule has 7 heteroatoms. The molecule has 0 aliphatic carbocycles. The molecule has 1 aromatic heterocycles. The predicted octanol–water partition coefficient (Wildman–Crippen LogP) is -0.499. The van der Waals surface area contributed by atoms with Gasteiger partial charge in [-0.1, -0.05) is 4.98 Å². The number of aliphatic hydroxyl groups excluding tert-OH is 1. The van der Waals surface area contributed by atoms with Crippen LogP contribution in [0.2, 0.25) is 0 Å². The van der Waals surface area contributed by atoms with Gasteiger partial charge in [-0.3, -0.25) is 0 Å². The standard InChI is InChI=1S/C7H12N4O3/c8-5-6(12)1-3-10-4-2-9-7(10)11(13)14/h2,4,6,12H,1,3,5,8H2. The molecule has 1 atom stereocenters. The Hall–Kier alpha value is -1.47. The Morgan fingerprint density at radius 1 is 1.79 bits per heavy atom. The van der Waals surface area contributed by atoms with E-state index in [0.717, 1.165) is 0 Å². The fourth-order valence-electron chi connectivity index (χ4n) is 1.05. The van der Waals surface area contributed by atoms with E-state index in [-0.39, 0.29) is 12.5 Å². The van der Waals surface area contributed by atoms with E-state index in [1.165, 1.54) is 17.0 Å². The highest BCUT2D eigenvalue weighted by molar-refractivity contribution is 5.06. The lowest BCUT2D eigenvalue weighted by molar-refractivity contribution is -0.396. The van der Waals surface area contributed by atoms with Crippen molar-refractivity contribution >= 4 is 5.95 Å². The first kappa shape index (κ1) is 10.6. The Balaban J connectivity index is 2.58. The number of nitrogens with two attached hydrogens (primary N) is 1. The van der Waals surface area contributed by atoms with Crippen LogP contribution >= 0.6 is 0 Å². The van der Waals surface area contributed by atoms with Gasteiger partial charge in [-0.05, 0) is 4.92 Å². The summed E-state index contributed by atoms with van der Waals surface area (Å²) < 4.78 is 1.37. The minimum Gasteiger partial charge on any atom is -0.392 e. The molecule has 0 saturated heterocycles. The molecular formula is C7H12N4O3. The van der Waals surface area contributed by atoms with Gasteiger partial charge in [0.2, 0.25) is 0 Å². The van der Waals surface area contributed by atoms with Crippen molar-refractivity contribution < 1.29 is 10.0 Å². The molecule has 14 heavy (non-hydrogen) atoms. The van der Waals surface area contributed by atoms with Crippen molar-refractivity contribution in [3.63, 3.8) is 0 Å². The minimum atomic E-state index is -0.628. The van der Waals surface area contributed by atoms with Crippen LogP contribution in [0.1, 0.15) is 6.42 Å². The second kappa shape index (κ2) is 4.68. The summed E-state index contributed by atoms with van der Waals surface area (Å²) in [5.41, 5.74) is 5.20. The van der Waals surface area contributed by atoms with Gasteiger partial charge in [-0.15, -0.1) is 0 Å². The van der Waals surface area contributed by atoms with E-state index < -0.39 is 11.0 Å². The lowest BCUT2D eigenvalue weighted by Crippen LogP contribution is -2.21. The molecule has 0 amide bonds. The van der Waals surface area contributed by atoms with Crippen LogP contribution in [0, 0.1) is 10.1 Å². The molecule has 0 fully saturated rings. The van der Waals surface area contributed by atoms with Crippen molar-refractivity contribution in [2.24, 2.45) is 5.73 Å². The minimum absolute atomic E-state index is 0.155. The molecule has 0 saturated carbocycles. The van der Waals surface area contributed by atoms with E-state index >= 15 is 0 Å². The first-order valence-corrected chi connectivity index (χ1v) is 4.18. The molecule has 1 aromatic rings. The third kappa shape index (κ3) is 2.51. The Morgan fingerprint density at radius 2 is 2.50 bits per heavy atom. The molecule has 3 N–H and O–H groups in total. The van der Waals surface area contributed by atoms with Crippen LogP contribution in [0.5, 0.6) is 0 Å². The Kier molecular flexibility index (Phi) is 3.55. The zero-order valence-electron chi connectivity index (χ0n) is 7.54. The van der Waals surface area contributed by atoms with E-state index in [2.05, 4.69) is 4.98 Å². The van der Waals surface area contributed by atoms with Gasteiger partial charge in [0.05, 0.1) is 12.6 Å². The van der Waals surface area contributed by atoms with Crippen molar-refractivity contribution in [2.75, 3.05) is 6.54 Å². The SMILES string of the molecule is NCC(O)CCn1ccnc1[N+](=O)[O-]. The fraction of sp³-hybridized carbons (Fsp3) is 0.571. The van der Waals surface area contributed by atoms with Gasteiger partial charge >= 0.3 is 5.95 Å². The zero-order valence-corrected chi connectivity index (χ0v) is 7.54.